The lowest BCUT2D eigenvalue weighted by molar-refractivity contribution is 0.0946. The number of hydrogen-bond donors (Lipinski definition) is 1. The molecule has 1 amide bonds. The van der Waals surface area contributed by atoms with Crippen LogP contribution < -0.4 is 5.32 Å². The van der Waals surface area contributed by atoms with E-state index in [9.17, 15) is 4.79 Å². The summed E-state index contributed by atoms with van der Waals surface area (Å²) in [5.41, 5.74) is 3.09. The second kappa shape index (κ2) is 6.48. The molecular weight excluding hydrogens is 250 g/mol. The molecule has 0 aliphatic rings. The zero-order chi connectivity index (χ0) is 14.4. The van der Waals surface area contributed by atoms with Gasteiger partial charge in [0.25, 0.3) is 5.91 Å². The molecule has 20 heavy (non-hydrogen) atoms. The van der Waals surface area contributed by atoms with E-state index in [0.29, 0.717) is 17.8 Å². The Morgan fingerprint density at radius 3 is 2.60 bits per heavy atom. The Hall–Kier alpha value is -2.67. The number of rotatable bonds is 4. The van der Waals surface area contributed by atoms with Gasteiger partial charge in [-0.1, -0.05) is 31.2 Å². The highest BCUT2D eigenvalue weighted by atomic mass is 16.1. The molecule has 2 rings (SSSR count). The van der Waals surface area contributed by atoms with E-state index in [-0.39, 0.29) is 5.91 Å². The van der Waals surface area contributed by atoms with E-state index in [1.54, 1.807) is 12.1 Å². The highest BCUT2D eigenvalue weighted by Crippen LogP contribution is 2.09. The van der Waals surface area contributed by atoms with Crippen molar-refractivity contribution in [2.24, 2.45) is 0 Å². The highest BCUT2D eigenvalue weighted by Gasteiger charge is 2.07. The zero-order valence-electron chi connectivity index (χ0n) is 11.3. The number of aromatic nitrogens is 1. The van der Waals surface area contributed by atoms with Crippen molar-refractivity contribution in [2.75, 3.05) is 0 Å². The van der Waals surface area contributed by atoms with Crippen LogP contribution in [0, 0.1) is 11.3 Å². The van der Waals surface area contributed by atoms with Crippen LogP contribution in [0.5, 0.6) is 0 Å². The molecule has 4 heteroatoms. The number of nitrogens with zero attached hydrogens (tertiary/aromatic N) is 2. The van der Waals surface area contributed by atoms with Crippen LogP contribution in [-0.4, -0.2) is 10.9 Å². The van der Waals surface area contributed by atoms with Crippen molar-refractivity contribution >= 4 is 5.91 Å². The third-order valence-electron chi connectivity index (χ3n) is 3.06. The molecule has 2 aromatic rings. The number of aryl methyl sites for hydroxylation is 1. The van der Waals surface area contributed by atoms with E-state index in [2.05, 4.69) is 23.3 Å². The van der Waals surface area contributed by atoms with E-state index in [0.717, 1.165) is 12.0 Å². The largest absolute Gasteiger partial charge is 0.347 e. The normalized spacial score (nSPS) is 9.80. The van der Waals surface area contributed by atoms with Gasteiger partial charge in [-0.05, 0) is 29.7 Å². The van der Waals surface area contributed by atoms with Crippen molar-refractivity contribution in [1.82, 2.24) is 10.3 Å². The summed E-state index contributed by atoms with van der Waals surface area (Å²) in [6, 6.07) is 13.1. The number of carbonyl (C=O) groups is 1. The van der Waals surface area contributed by atoms with Crippen molar-refractivity contribution in [3.8, 4) is 6.07 Å². The fourth-order valence-corrected chi connectivity index (χ4v) is 1.94. The lowest BCUT2D eigenvalue weighted by Crippen LogP contribution is -2.24. The van der Waals surface area contributed by atoms with Gasteiger partial charge in [0.05, 0.1) is 5.56 Å². The van der Waals surface area contributed by atoms with Gasteiger partial charge in [-0.3, -0.25) is 4.79 Å². The maximum absolute atomic E-state index is 12.0. The first kappa shape index (κ1) is 13.8. The Kier molecular flexibility index (Phi) is 4.46. The molecule has 0 spiro atoms. The minimum absolute atomic E-state index is 0.236. The van der Waals surface area contributed by atoms with Crippen LogP contribution >= 0.6 is 0 Å². The van der Waals surface area contributed by atoms with Gasteiger partial charge in [-0.25, -0.2) is 4.98 Å². The molecule has 100 valence electrons. The standard InChI is InChI=1S/C16H15N3O/c1-2-13-5-3-4-6-14(13)11-19-16(20)15-8-7-12(9-17)10-18-15/h3-8,10H,2,11H2,1H3,(H,19,20). The molecule has 0 bridgehead atoms. The molecule has 0 aliphatic carbocycles. The highest BCUT2D eigenvalue weighted by molar-refractivity contribution is 5.92. The minimum atomic E-state index is -0.236. The van der Waals surface area contributed by atoms with Gasteiger partial charge in [-0.2, -0.15) is 5.26 Å². The van der Waals surface area contributed by atoms with Gasteiger partial charge in [0, 0.05) is 12.7 Å². The van der Waals surface area contributed by atoms with Crippen LogP contribution in [0.3, 0.4) is 0 Å². The van der Waals surface area contributed by atoms with Gasteiger partial charge in [0.2, 0.25) is 0 Å². The first-order chi connectivity index (χ1) is 9.74. The van der Waals surface area contributed by atoms with E-state index in [1.165, 1.54) is 11.8 Å². The molecule has 0 radical (unpaired) electrons. The van der Waals surface area contributed by atoms with Crippen molar-refractivity contribution in [1.29, 1.82) is 5.26 Å². The molecule has 0 fully saturated rings. The maximum atomic E-state index is 12.0. The van der Waals surface area contributed by atoms with Crippen LogP contribution in [-0.2, 0) is 13.0 Å². The molecule has 0 saturated carbocycles. The Morgan fingerprint density at radius 2 is 2.00 bits per heavy atom. The second-order valence-electron chi connectivity index (χ2n) is 4.35. The quantitative estimate of drug-likeness (QED) is 0.923. The van der Waals surface area contributed by atoms with E-state index >= 15 is 0 Å². The second-order valence-corrected chi connectivity index (χ2v) is 4.35. The molecular formula is C16H15N3O. The van der Waals surface area contributed by atoms with Gasteiger partial charge in [-0.15, -0.1) is 0 Å². The SMILES string of the molecule is CCc1ccccc1CNC(=O)c1ccc(C#N)cn1. The summed E-state index contributed by atoms with van der Waals surface area (Å²) in [6.07, 6.45) is 2.33. The molecule has 0 atom stereocenters. The van der Waals surface area contributed by atoms with E-state index in [1.807, 2.05) is 24.3 Å². The average molecular weight is 265 g/mol. The summed E-state index contributed by atoms with van der Waals surface area (Å²) in [4.78, 5) is 15.9. The Balaban J connectivity index is 2.03. The Labute approximate surface area is 118 Å². The van der Waals surface area contributed by atoms with Crippen LogP contribution in [0.2, 0.25) is 0 Å². The van der Waals surface area contributed by atoms with E-state index in [4.69, 9.17) is 5.26 Å². The molecule has 0 saturated heterocycles. The third-order valence-corrected chi connectivity index (χ3v) is 3.06. The molecule has 0 aliphatic heterocycles. The van der Waals surface area contributed by atoms with Crippen LogP contribution in [0.15, 0.2) is 42.6 Å². The zero-order valence-corrected chi connectivity index (χ0v) is 11.3. The number of hydrogen-bond acceptors (Lipinski definition) is 3. The van der Waals surface area contributed by atoms with Crippen molar-refractivity contribution < 1.29 is 4.79 Å². The van der Waals surface area contributed by atoms with Gasteiger partial charge < -0.3 is 5.32 Å². The molecule has 1 aromatic carbocycles. The van der Waals surface area contributed by atoms with Crippen molar-refractivity contribution in [3.05, 3.63) is 65.0 Å². The van der Waals surface area contributed by atoms with Crippen LogP contribution in [0.25, 0.3) is 0 Å². The molecule has 1 heterocycles. The summed E-state index contributed by atoms with van der Waals surface area (Å²) in [5, 5.41) is 11.5. The Bertz CT molecular complexity index is 642. The molecule has 1 N–H and O–H groups in total. The van der Waals surface area contributed by atoms with Crippen LogP contribution in [0.1, 0.15) is 34.1 Å². The van der Waals surface area contributed by atoms with Gasteiger partial charge in [0.1, 0.15) is 11.8 Å². The number of carbonyl (C=O) groups excluding carboxylic acids is 1. The van der Waals surface area contributed by atoms with Crippen LogP contribution in [0.4, 0.5) is 0 Å². The summed E-state index contributed by atoms with van der Waals surface area (Å²) >= 11 is 0. The molecule has 0 unspecified atom stereocenters. The predicted molar refractivity (Wildman–Crippen MR) is 75.9 cm³/mol. The van der Waals surface area contributed by atoms with Crippen molar-refractivity contribution in [2.45, 2.75) is 19.9 Å². The molecule has 4 nitrogen and oxygen atoms in total. The topological polar surface area (TPSA) is 65.8 Å². The number of amides is 1. The lowest BCUT2D eigenvalue weighted by Gasteiger charge is -2.09. The van der Waals surface area contributed by atoms with Gasteiger partial charge in [0.15, 0.2) is 0 Å². The maximum Gasteiger partial charge on any atom is 0.270 e. The minimum Gasteiger partial charge on any atom is -0.347 e. The monoisotopic (exact) mass is 265 g/mol. The smallest absolute Gasteiger partial charge is 0.270 e. The molecule has 1 aromatic heterocycles. The Morgan fingerprint density at radius 1 is 1.25 bits per heavy atom. The van der Waals surface area contributed by atoms with Gasteiger partial charge >= 0.3 is 0 Å². The first-order valence-electron chi connectivity index (χ1n) is 6.45. The summed E-state index contributed by atoms with van der Waals surface area (Å²) in [6.45, 7) is 2.56. The summed E-state index contributed by atoms with van der Waals surface area (Å²) < 4.78 is 0. The lowest BCUT2D eigenvalue weighted by atomic mass is 10.1. The first-order valence-corrected chi connectivity index (χ1v) is 6.45. The summed E-state index contributed by atoms with van der Waals surface area (Å²) in [7, 11) is 0. The summed E-state index contributed by atoms with van der Waals surface area (Å²) in [5.74, 6) is -0.236. The predicted octanol–water partition coefficient (Wildman–Crippen LogP) is 2.45. The number of pyridine rings is 1. The number of nitriles is 1. The fraction of sp³-hybridized carbons (Fsp3) is 0.188. The number of nitrogens with one attached hydrogen (secondary N) is 1. The van der Waals surface area contributed by atoms with Crippen molar-refractivity contribution in [3.63, 3.8) is 0 Å². The average Bonchev–Trinajstić information content (AvgIpc) is 2.53. The fourth-order valence-electron chi connectivity index (χ4n) is 1.94. The third kappa shape index (κ3) is 3.21. The van der Waals surface area contributed by atoms with E-state index < -0.39 is 0 Å². The number of benzene rings is 1.